The van der Waals surface area contributed by atoms with E-state index in [1.807, 2.05) is 12.1 Å². The highest BCUT2D eigenvalue weighted by molar-refractivity contribution is 7.90. The van der Waals surface area contributed by atoms with Gasteiger partial charge in [0.15, 0.2) is 15.9 Å². The number of hydrogen-bond acceptors (Lipinski definition) is 7. The van der Waals surface area contributed by atoms with Crippen LogP contribution in [0.4, 0.5) is 11.4 Å². The molecule has 0 unspecified atom stereocenters. The van der Waals surface area contributed by atoms with Crippen molar-refractivity contribution in [3.63, 3.8) is 0 Å². The first-order valence-corrected chi connectivity index (χ1v) is 11.4. The Bertz CT molecular complexity index is 1100. The molecular formula is C21H24N2O7S. The highest BCUT2D eigenvalue weighted by atomic mass is 32.2. The molecule has 0 saturated carbocycles. The second-order valence-corrected chi connectivity index (χ2v) is 9.16. The third-order valence-electron chi connectivity index (χ3n) is 4.80. The highest BCUT2D eigenvalue weighted by Crippen LogP contribution is 2.25. The van der Waals surface area contributed by atoms with Crippen LogP contribution in [-0.2, 0) is 19.4 Å². The van der Waals surface area contributed by atoms with Crippen LogP contribution in [-0.4, -0.2) is 37.6 Å². The maximum atomic E-state index is 12.3. The van der Waals surface area contributed by atoms with Crippen molar-refractivity contribution in [1.29, 1.82) is 0 Å². The van der Waals surface area contributed by atoms with Gasteiger partial charge in [-0.2, -0.15) is 0 Å². The maximum absolute atomic E-state index is 12.3. The fraction of sp³-hybridized carbons (Fsp3) is 0.333. The number of ether oxygens (including phenoxy) is 1. The molecule has 0 radical (unpaired) electrons. The summed E-state index contributed by atoms with van der Waals surface area (Å²) in [6.07, 6.45) is 0.632. The van der Waals surface area contributed by atoms with Gasteiger partial charge in [-0.25, -0.2) is 13.2 Å². The van der Waals surface area contributed by atoms with Gasteiger partial charge in [0.25, 0.3) is 11.6 Å². The molecule has 0 aliphatic heterocycles. The van der Waals surface area contributed by atoms with Gasteiger partial charge < -0.3 is 10.1 Å². The van der Waals surface area contributed by atoms with Gasteiger partial charge in [-0.15, -0.1) is 0 Å². The van der Waals surface area contributed by atoms with Gasteiger partial charge in [0.05, 0.1) is 10.5 Å². The zero-order chi connectivity index (χ0) is 23.3. The lowest BCUT2D eigenvalue weighted by Crippen LogP contribution is -2.30. The number of benzene rings is 2. The van der Waals surface area contributed by atoms with E-state index in [0.717, 1.165) is 36.4 Å². The van der Waals surface area contributed by atoms with E-state index >= 15 is 0 Å². The van der Waals surface area contributed by atoms with Gasteiger partial charge in [0.2, 0.25) is 0 Å². The number of rotatable bonds is 8. The molecule has 1 amide bonds. The van der Waals surface area contributed by atoms with Crippen LogP contribution in [0.3, 0.4) is 0 Å². The number of nitro groups is 1. The number of sulfone groups is 1. The first kappa shape index (κ1) is 24.0. The summed E-state index contributed by atoms with van der Waals surface area (Å²) in [5.74, 6) is -1.17. The summed E-state index contributed by atoms with van der Waals surface area (Å²) >= 11 is 0. The van der Waals surface area contributed by atoms with Gasteiger partial charge in [-0.1, -0.05) is 26.0 Å². The van der Waals surface area contributed by atoms with E-state index in [4.69, 9.17) is 4.74 Å². The van der Waals surface area contributed by atoms with Crippen LogP contribution >= 0.6 is 0 Å². The Kier molecular flexibility index (Phi) is 7.50. The zero-order valence-corrected chi connectivity index (χ0v) is 18.4. The number of esters is 1. The summed E-state index contributed by atoms with van der Waals surface area (Å²) in [5.41, 5.74) is 0.694. The number of carbonyl (C=O) groups is 2. The fourth-order valence-electron chi connectivity index (χ4n) is 2.76. The molecule has 2 aromatic rings. The topological polar surface area (TPSA) is 133 Å². The SMILES string of the molecule is CC[C@H](C)c1ccc(NC(=O)[C@H](C)OC(=O)c2ccc(S(C)(=O)=O)c([N+](=O)[O-])c2)cc1. The zero-order valence-electron chi connectivity index (χ0n) is 17.6. The molecule has 0 aliphatic carbocycles. The van der Waals surface area contributed by atoms with Crippen LogP contribution in [0.15, 0.2) is 47.4 Å². The Balaban J connectivity index is 2.10. The van der Waals surface area contributed by atoms with Crippen LogP contribution in [0.5, 0.6) is 0 Å². The summed E-state index contributed by atoms with van der Waals surface area (Å²) in [5, 5.41) is 13.8. The van der Waals surface area contributed by atoms with Gasteiger partial charge in [0.1, 0.15) is 4.90 Å². The number of nitrogens with zero attached hydrogens (tertiary/aromatic N) is 1. The van der Waals surface area contributed by atoms with E-state index in [1.54, 1.807) is 12.1 Å². The molecule has 0 aliphatic rings. The maximum Gasteiger partial charge on any atom is 0.339 e. The lowest BCUT2D eigenvalue weighted by atomic mass is 9.99. The predicted octanol–water partition coefficient (Wildman–Crippen LogP) is 3.70. The van der Waals surface area contributed by atoms with E-state index in [9.17, 15) is 28.1 Å². The standard InChI is InChI=1S/C21H24N2O7S/c1-5-13(2)15-6-9-17(10-7-15)22-20(24)14(3)30-21(25)16-8-11-19(31(4,28)29)18(12-16)23(26)27/h6-14H,5H2,1-4H3,(H,22,24)/t13-,14-/m0/s1. The number of amides is 1. The van der Waals surface area contributed by atoms with Crippen LogP contribution in [0.1, 0.15) is 49.0 Å². The average Bonchev–Trinajstić information content (AvgIpc) is 2.72. The predicted molar refractivity (Wildman–Crippen MR) is 115 cm³/mol. The van der Waals surface area contributed by atoms with Gasteiger partial charge in [-0.3, -0.25) is 14.9 Å². The molecule has 2 rings (SSSR count). The Morgan fingerprint density at radius 2 is 1.74 bits per heavy atom. The van der Waals surface area contributed by atoms with E-state index in [1.165, 1.54) is 6.92 Å². The number of anilines is 1. The molecule has 0 saturated heterocycles. The molecule has 31 heavy (non-hydrogen) atoms. The molecule has 1 N–H and O–H groups in total. The van der Waals surface area contributed by atoms with E-state index in [0.29, 0.717) is 11.6 Å². The molecule has 0 aromatic heterocycles. The second kappa shape index (κ2) is 9.69. The van der Waals surface area contributed by atoms with Crippen molar-refractivity contribution in [2.75, 3.05) is 11.6 Å². The van der Waals surface area contributed by atoms with Gasteiger partial charge in [0, 0.05) is 18.0 Å². The molecule has 0 heterocycles. The van der Waals surface area contributed by atoms with Gasteiger partial charge in [-0.05, 0) is 49.1 Å². The smallest absolute Gasteiger partial charge is 0.339 e. The van der Waals surface area contributed by atoms with Crippen LogP contribution in [0, 0.1) is 10.1 Å². The fourth-order valence-corrected chi connectivity index (χ4v) is 3.59. The van der Waals surface area contributed by atoms with E-state index in [-0.39, 0.29) is 5.56 Å². The minimum absolute atomic E-state index is 0.239. The third kappa shape index (κ3) is 6.11. The van der Waals surface area contributed by atoms with Crippen molar-refractivity contribution < 1.29 is 27.7 Å². The monoisotopic (exact) mass is 448 g/mol. The third-order valence-corrected chi connectivity index (χ3v) is 5.95. The van der Waals surface area contributed by atoms with E-state index < -0.39 is 43.3 Å². The van der Waals surface area contributed by atoms with E-state index in [2.05, 4.69) is 19.2 Å². The van der Waals surface area contributed by atoms with Crippen LogP contribution < -0.4 is 5.32 Å². The van der Waals surface area contributed by atoms with Crippen molar-refractivity contribution in [3.8, 4) is 0 Å². The first-order valence-electron chi connectivity index (χ1n) is 9.54. The number of carbonyl (C=O) groups excluding carboxylic acids is 2. The van der Waals surface area contributed by atoms with Crippen LogP contribution in [0.25, 0.3) is 0 Å². The van der Waals surface area contributed by atoms with Gasteiger partial charge >= 0.3 is 5.97 Å². The normalized spacial score (nSPS) is 13.2. The molecular weight excluding hydrogens is 424 g/mol. The van der Waals surface area contributed by atoms with Crippen molar-refractivity contribution in [1.82, 2.24) is 0 Å². The Hall–Kier alpha value is -3.27. The van der Waals surface area contributed by atoms with Crippen molar-refractivity contribution in [2.45, 2.75) is 44.1 Å². The summed E-state index contributed by atoms with van der Waals surface area (Å²) in [6.45, 7) is 5.54. The summed E-state index contributed by atoms with van der Waals surface area (Å²) in [4.78, 5) is 34.4. The average molecular weight is 448 g/mol. The molecule has 10 heteroatoms. The Labute approximate surface area is 180 Å². The van der Waals surface area contributed by atoms with Crippen LogP contribution in [0.2, 0.25) is 0 Å². The lowest BCUT2D eigenvalue weighted by molar-refractivity contribution is -0.387. The molecule has 9 nitrogen and oxygen atoms in total. The van der Waals surface area contributed by atoms with Crippen molar-refractivity contribution in [3.05, 3.63) is 63.7 Å². The summed E-state index contributed by atoms with van der Waals surface area (Å²) in [7, 11) is -3.86. The molecule has 0 spiro atoms. The largest absolute Gasteiger partial charge is 0.449 e. The molecule has 2 atom stereocenters. The molecule has 0 bridgehead atoms. The minimum Gasteiger partial charge on any atom is -0.449 e. The van der Waals surface area contributed by atoms with Crippen molar-refractivity contribution >= 4 is 33.1 Å². The molecule has 166 valence electrons. The summed E-state index contributed by atoms with van der Waals surface area (Å²) in [6, 6.07) is 10.2. The summed E-state index contributed by atoms with van der Waals surface area (Å²) < 4.78 is 28.5. The second-order valence-electron chi connectivity index (χ2n) is 7.18. The molecule has 2 aromatic carbocycles. The minimum atomic E-state index is -3.86. The Morgan fingerprint density at radius 3 is 2.26 bits per heavy atom. The van der Waals surface area contributed by atoms with Crippen molar-refractivity contribution in [2.24, 2.45) is 0 Å². The quantitative estimate of drug-likeness (QED) is 0.370. The number of nitrogens with one attached hydrogen (secondary N) is 1. The lowest BCUT2D eigenvalue weighted by Gasteiger charge is -2.15. The Morgan fingerprint density at radius 1 is 1.13 bits per heavy atom. The first-order chi connectivity index (χ1) is 14.4. The number of nitro benzene ring substituents is 1. The highest BCUT2D eigenvalue weighted by Gasteiger charge is 2.26. The number of hydrogen-bond donors (Lipinski definition) is 1. The molecule has 0 fully saturated rings.